The Morgan fingerprint density at radius 3 is 2.63 bits per heavy atom. The number of ether oxygens (including phenoxy) is 2. The second-order valence-electron chi connectivity index (χ2n) is 10.9. The first-order chi connectivity index (χ1) is 18.4. The lowest BCUT2D eigenvalue weighted by atomic mass is 9.74. The van der Waals surface area contributed by atoms with Gasteiger partial charge in [0.1, 0.15) is 17.5 Å². The Balaban J connectivity index is 1.07. The summed E-state index contributed by atoms with van der Waals surface area (Å²) in [6.07, 6.45) is 2.42. The van der Waals surface area contributed by atoms with E-state index in [-0.39, 0.29) is 36.2 Å². The quantitative estimate of drug-likeness (QED) is 0.597. The zero-order valence-electron chi connectivity index (χ0n) is 20.9. The number of likely N-dealkylation sites (tertiary alicyclic amines) is 1. The lowest BCUT2D eigenvalue weighted by Gasteiger charge is -2.39. The fourth-order valence-electron chi connectivity index (χ4n) is 6.51. The van der Waals surface area contributed by atoms with Gasteiger partial charge in [-0.05, 0) is 61.7 Å². The van der Waals surface area contributed by atoms with Crippen LogP contribution in [0, 0.1) is 0 Å². The van der Waals surface area contributed by atoms with Crippen LogP contribution in [-0.4, -0.2) is 65.8 Å². The van der Waals surface area contributed by atoms with Crippen LogP contribution in [0.3, 0.4) is 0 Å². The van der Waals surface area contributed by atoms with Gasteiger partial charge < -0.3 is 19.7 Å². The van der Waals surface area contributed by atoms with Gasteiger partial charge in [-0.25, -0.2) is 0 Å². The number of nitrogens with one attached hydrogen (secondary N) is 2. The SMILES string of the molecule is O=C1CCC(N2Cc3cc4c(cc3C2=O)OCC42CCN(Cc3cccc4c3NC(=O)CO4)CC2)C(=O)N1. The van der Waals surface area contributed by atoms with Gasteiger partial charge in [-0.3, -0.25) is 29.4 Å². The van der Waals surface area contributed by atoms with Crippen LogP contribution in [0.2, 0.25) is 0 Å². The van der Waals surface area contributed by atoms with E-state index in [0.29, 0.717) is 30.9 Å². The third-order valence-electron chi connectivity index (χ3n) is 8.64. The molecule has 0 aliphatic carbocycles. The van der Waals surface area contributed by atoms with Gasteiger partial charge in [-0.1, -0.05) is 12.1 Å². The Morgan fingerprint density at radius 1 is 0.974 bits per heavy atom. The number of amides is 4. The fourth-order valence-corrected chi connectivity index (χ4v) is 6.51. The summed E-state index contributed by atoms with van der Waals surface area (Å²) in [6, 6.07) is 9.19. The second-order valence-corrected chi connectivity index (χ2v) is 10.9. The molecule has 4 amide bonds. The smallest absolute Gasteiger partial charge is 0.262 e. The zero-order valence-corrected chi connectivity index (χ0v) is 20.9. The van der Waals surface area contributed by atoms with Gasteiger partial charge in [0.25, 0.3) is 11.8 Å². The van der Waals surface area contributed by atoms with Gasteiger partial charge in [0, 0.05) is 36.1 Å². The van der Waals surface area contributed by atoms with E-state index in [0.717, 1.165) is 60.6 Å². The van der Waals surface area contributed by atoms with E-state index in [1.807, 2.05) is 24.3 Å². The van der Waals surface area contributed by atoms with Gasteiger partial charge in [-0.15, -0.1) is 0 Å². The van der Waals surface area contributed by atoms with Crippen LogP contribution in [0.15, 0.2) is 30.3 Å². The predicted octanol–water partition coefficient (Wildman–Crippen LogP) is 1.70. The minimum Gasteiger partial charge on any atom is -0.492 e. The first-order valence-electron chi connectivity index (χ1n) is 13.1. The van der Waals surface area contributed by atoms with Gasteiger partial charge in [0.2, 0.25) is 11.8 Å². The molecule has 10 heteroatoms. The van der Waals surface area contributed by atoms with Crippen molar-refractivity contribution in [1.82, 2.24) is 15.1 Å². The highest BCUT2D eigenvalue weighted by molar-refractivity contribution is 6.05. The van der Waals surface area contributed by atoms with Crippen molar-refractivity contribution < 1.29 is 28.7 Å². The third-order valence-corrected chi connectivity index (χ3v) is 8.64. The maximum atomic E-state index is 13.2. The Hall–Kier alpha value is -3.92. The number of carbonyl (C=O) groups excluding carboxylic acids is 4. The highest BCUT2D eigenvalue weighted by Gasteiger charge is 2.46. The first-order valence-corrected chi connectivity index (χ1v) is 13.1. The molecule has 0 aromatic heterocycles. The van der Waals surface area contributed by atoms with E-state index in [1.165, 1.54) is 0 Å². The van der Waals surface area contributed by atoms with Gasteiger partial charge in [-0.2, -0.15) is 0 Å². The van der Waals surface area contributed by atoms with Gasteiger partial charge >= 0.3 is 0 Å². The number of para-hydroxylation sites is 1. The van der Waals surface area contributed by atoms with Crippen molar-refractivity contribution in [2.45, 2.75) is 50.2 Å². The van der Waals surface area contributed by atoms with Crippen molar-refractivity contribution in [2.24, 2.45) is 0 Å². The van der Waals surface area contributed by atoms with E-state index in [9.17, 15) is 19.2 Å². The van der Waals surface area contributed by atoms with Crippen LogP contribution in [0.4, 0.5) is 5.69 Å². The van der Waals surface area contributed by atoms with E-state index in [1.54, 1.807) is 4.90 Å². The number of carbonyl (C=O) groups is 4. The number of hydrogen-bond donors (Lipinski definition) is 2. The van der Waals surface area contributed by atoms with Gasteiger partial charge in [0.15, 0.2) is 6.61 Å². The van der Waals surface area contributed by atoms with Crippen LogP contribution in [-0.2, 0) is 32.9 Å². The van der Waals surface area contributed by atoms with Gasteiger partial charge in [0.05, 0.1) is 12.3 Å². The molecule has 5 aliphatic heterocycles. The van der Waals surface area contributed by atoms with E-state index in [4.69, 9.17) is 9.47 Å². The number of benzene rings is 2. The molecule has 1 atom stereocenters. The zero-order chi connectivity index (χ0) is 26.0. The van der Waals surface area contributed by atoms with Crippen molar-refractivity contribution in [2.75, 3.05) is 31.6 Å². The molecule has 1 unspecified atom stereocenters. The largest absolute Gasteiger partial charge is 0.492 e. The number of anilines is 1. The summed E-state index contributed by atoms with van der Waals surface area (Å²) in [6.45, 7) is 3.47. The van der Waals surface area contributed by atoms with Crippen LogP contribution in [0.5, 0.6) is 11.5 Å². The van der Waals surface area contributed by atoms with Crippen LogP contribution < -0.4 is 20.1 Å². The van der Waals surface area contributed by atoms with Crippen LogP contribution in [0.1, 0.15) is 52.7 Å². The molecule has 0 saturated carbocycles. The molecule has 7 rings (SSSR count). The topological polar surface area (TPSA) is 117 Å². The highest BCUT2D eigenvalue weighted by atomic mass is 16.5. The second kappa shape index (κ2) is 8.56. The van der Waals surface area contributed by atoms with Crippen molar-refractivity contribution in [3.05, 3.63) is 52.6 Å². The number of hydrogen-bond acceptors (Lipinski definition) is 7. The molecule has 0 bridgehead atoms. The lowest BCUT2D eigenvalue weighted by Crippen LogP contribution is -2.52. The molecular weight excluding hydrogens is 488 g/mol. The Kier molecular flexibility index (Phi) is 5.23. The molecule has 1 spiro atoms. The molecular formula is C28H28N4O6. The van der Waals surface area contributed by atoms with Crippen molar-refractivity contribution in [1.29, 1.82) is 0 Å². The Morgan fingerprint density at radius 2 is 1.82 bits per heavy atom. The van der Waals surface area contributed by atoms with Crippen LogP contribution in [0.25, 0.3) is 0 Å². The fraction of sp³-hybridized carbons (Fsp3) is 0.429. The summed E-state index contributed by atoms with van der Waals surface area (Å²) in [5.74, 6) is 0.460. The average Bonchev–Trinajstić information content (AvgIpc) is 3.41. The number of rotatable bonds is 3. The van der Waals surface area contributed by atoms with Crippen molar-refractivity contribution in [3.63, 3.8) is 0 Å². The summed E-state index contributed by atoms with van der Waals surface area (Å²) in [5, 5.41) is 5.31. The molecule has 5 heterocycles. The number of nitrogens with zero attached hydrogens (tertiary/aromatic N) is 2. The first kappa shape index (κ1) is 23.2. The van der Waals surface area contributed by atoms with E-state index in [2.05, 4.69) is 21.6 Å². The number of piperidine rings is 2. The van der Waals surface area contributed by atoms with E-state index < -0.39 is 11.9 Å². The number of fused-ring (bicyclic) bond motifs is 4. The molecule has 2 saturated heterocycles. The third kappa shape index (κ3) is 3.65. The van der Waals surface area contributed by atoms with Crippen molar-refractivity contribution in [3.8, 4) is 11.5 Å². The minimum absolute atomic E-state index is 0.0443. The van der Waals surface area contributed by atoms with Crippen LogP contribution >= 0.6 is 0 Å². The molecule has 2 aromatic rings. The molecule has 2 aromatic carbocycles. The minimum atomic E-state index is -0.625. The lowest BCUT2D eigenvalue weighted by molar-refractivity contribution is -0.137. The summed E-state index contributed by atoms with van der Waals surface area (Å²) >= 11 is 0. The molecule has 0 radical (unpaired) electrons. The van der Waals surface area contributed by atoms with E-state index >= 15 is 0 Å². The Bertz CT molecular complexity index is 1400. The normalized spacial score (nSPS) is 23.8. The molecule has 38 heavy (non-hydrogen) atoms. The Labute approximate surface area is 219 Å². The molecule has 196 valence electrons. The molecule has 2 N–H and O–H groups in total. The highest BCUT2D eigenvalue weighted by Crippen LogP contribution is 2.48. The predicted molar refractivity (Wildman–Crippen MR) is 135 cm³/mol. The average molecular weight is 517 g/mol. The summed E-state index contributed by atoms with van der Waals surface area (Å²) in [5.41, 5.74) is 4.34. The maximum Gasteiger partial charge on any atom is 0.262 e. The molecule has 10 nitrogen and oxygen atoms in total. The summed E-state index contributed by atoms with van der Waals surface area (Å²) in [7, 11) is 0. The summed E-state index contributed by atoms with van der Waals surface area (Å²) in [4.78, 5) is 53.0. The maximum absolute atomic E-state index is 13.2. The number of imide groups is 1. The molecule has 2 fully saturated rings. The molecule has 5 aliphatic rings. The monoisotopic (exact) mass is 516 g/mol. The standard InChI is InChI=1S/C28H28N4O6/c33-23-5-4-20(26(35)30-23)32-13-17-10-19-22(11-18(17)27(32)36)38-15-28(19)6-8-31(9-7-28)12-16-2-1-3-21-25(16)29-24(34)14-37-21/h1-3,10-11,20H,4-9,12-15H2,(H,29,34)(H,30,33,35). The van der Waals surface area contributed by atoms with Crippen molar-refractivity contribution >= 4 is 29.3 Å². The summed E-state index contributed by atoms with van der Waals surface area (Å²) < 4.78 is 11.7.